The van der Waals surface area contributed by atoms with Crippen LogP contribution in [0.1, 0.15) is 42.9 Å². The molecule has 0 spiro atoms. The van der Waals surface area contributed by atoms with Gasteiger partial charge in [-0.3, -0.25) is 4.79 Å². The van der Waals surface area contributed by atoms with E-state index in [1.807, 2.05) is 0 Å². The summed E-state index contributed by atoms with van der Waals surface area (Å²) in [4.78, 5) is 12.0. The minimum Gasteiger partial charge on any atom is -0.481 e. The van der Waals surface area contributed by atoms with Gasteiger partial charge in [-0.25, -0.2) is 4.39 Å². The van der Waals surface area contributed by atoms with Crippen LogP contribution in [-0.2, 0) is 23.1 Å². The lowest BCUT2D eigenvalue weighted by Gasteiger charge is -2.28. The fourth-order valence-corrected chi connectivity index (χ4v) is 3.71. The molecule has 5 nitrogen and oxygen atoms in total. The van der Waals surface area contributed by atoms with Gasteiger partial charge in [0.15, 0.2) is 0 Å². The van der Waals surface area contributed by atoms with Crippen molar-refractivity contribution >= 4 is 13.1 Å². The molecule has 7 heteroatoms. The number of fused-ring (bicyclic) bond motifs is 1. The molecule has 2 rings (SSSR count). The number of carboxylic acids is 1. The molecular formula is C17H25BFNO4. The molecule has 1 aromatic rings. The molecule has 0 amide bonds. The lowest BCUT2D eigenvalue weighted by atomic mass is 9.72. The molecule has 0 radical (unpaired) electrons. The quantitative estimate of drug-likeness (QED) is 0.538. The summed E-state index contributed by atoms with van der Waals surface area (Å²) in [6, 6.07) is 3.15. The summed E-state index contributed by atoms with van der Waals surface area (Å²) in [5.41, 5.74) is 6.33. The predicted molar refractivity (Wildman–Crippen MR) is 90.2 cm³/mol. The second kappa shape index (κ2) is 7.63. The van der Waals surface area contributed by atoms with Gasteiger partial charge in [-0.05, 0) is 74.1 Å². The van der Waals surface area contributed by atoms with Crippen LogP contribution in [0.2, 0.25) is 6.32 Å². The lowest BCUT2D eigenvalue weighted by Crippen LogP contribution is -2.37. The van der Waals surface area contributed by atoms with E-state index in [1.165, 1.54) is 6.07 Å². The monoisotopic (exact) mass is 337 g/mol. The minimum absolute atomic E-state index is 0.187. The number of carboxylic acid groups (broad SMARTS) is 1. The number of carbonyl (C=O) groups is 1. The van der Waals surface area contributed by atoms with Crippen molar-refractivity contribution < 1.29 is 24.3 Å². The standard InChI is InChI=1S/C17H25BFNO4/c1-17(16(21)22)13(5-2-6-18(23)24)8-12-10-15(19)11(4-3-7-20)9-14(12)17/h9-10,13,23-24H,2-8,20H2,1H3,(H,21,22)/t13-,17-/m0/s1. The molecule has 0 heterocycles. The summed E-state index contributed by atoms with van der Waals surface area (Å²) in [5, 5.41) is 27.8. The van der Waals surface area contributed by atoms with Crippen molar-refractivity contribution in [2.75, 3.05) is 6.54 Å². The maximum Gasteiger partial charge on any atom is 0.451 e. The van der Waals surface area contributed by atoms with E-state index >= 15 is 0 Å². The number of aryl methyl sites for hydroxylation is 1. The van der Waals surface area contributed by atoms with Gasteiger partial charge in [0.2, 0.25) is 0 Å². The van der Waals surface area contributed by atoms with Gasteiger partial charge >= 0.3 is 13.1 Å². The largest absolute Gasteiger partial charge is 0.481 e. The molecular weight excluding hydrogens is 312 g/mol. The van der Waals surface area contributed by atoms with Crippen LogP contribution in [0.25, 0.3) is 0 Å². The first kappa shape index (κ1) is 18.9. The van der Waals surface area contributed by atoms with Crippen LogP contribution in [0.4, 0.5) is 4.39 Å². The average molecular weight is 337 g/mol. The normalized spacial score (nSPS) is 22.5. The zero-order valence-electron chi connectivity index (χ0n) is 14.0. The highest BCUT2D eigenvalue weighted by Gasteiger charge is 2.49. The van der Waals surface area contributed by atoms with E-state index < -0.39 is 18.5 Å². The first-order chi connectivity index (χ1) is 11.3. The number of rotatable bonds is 8. The van der Waals surface area contributed by atoms with E-state index in [-0.39, 0.29) is 18.1 Å². The third-order valence-electron chi connectivity index (χ3n) is 5.22. The third kappa shape index (κ3) is 3.63. The van der Waals surface area contributed by atoms with E-state index in [1.54, 1.807) is 13.0 Å². The van der Waals surface area contributed by atoms with Crippen molar-refractivity contribution in [3.63, 3.8) is 0 Å². The van der Waals surface area contributed by atoms with Gasteiger partial charge in [-0.2, -0.15) is 0 Å². The highest BCUT2D eigenvalue weighted by Crippen LogP contribution is 2.46. The van der Waals surface area contributed by atoms with E-state index in [9.17, 15) is 14.3 Å². The van der Waals surface area contributed by atoms with Crippen LogP contribution < -0.4 is 5.73 Å². The Bertz CT molecular complexity index is 610. The molecule has 0 unspecified atom stereocenters. The van der Waals surface area contributed by atoms with Crippen molar-refractivity contribution in [2.45, 2.75) is 50.8 Å². The van der Waals surface area contributed by atoms with Gasteiger partial charge in [-0.15, -0.1) is 0 Å². The van der Waals surface area contributed by atoms with E-state index in [0.29, 0.717) is 49.8 Å². The van der Waals surface area contributed by atoms with Gasteiger partial charge in [0.1, 0.15) is 5.82 Å². The molecule has 132 valence electrons. The van der Waals surface area contributed by atoms with Gasteiger partial charge in [0, 0.05) is 0 Å². The second-order valence-electron chi connectivity index (χ2n) is 6.81. The van der Waals surface area contributed by atoms with Crippen LogP contribution >= 0.6 is 0 Å². The van der Waals surface area contributed by atoms with E-state index in [4.69, 9.17) is 15.8 Å². The molecule has 0 aliphatic heterocycles. The highest BCUT2D eigenvalue weighted by molar-refractivity contribution is 6.40. The van der Waals surface area contributed by atoms with Gasteiger partial charge < -0.3 is 20.9 Å². The van der Waals surface area contributed by atoms with Crippen LogP contribution in [0.15, 0.2) is 12.1 Å². The SMILES string of the molecule is C[C@@]1(C(=O)O)c2cc(CCCN)c(F)cc2C[C@@H]1CCCB(O)O. The summed E-state index contributed by atoms with van der Waals surface area (Å²) < 4.78 is 14.3. The lowest BCUT2D eigenvalue weighted by molar-refractivity contribution is -0.145. The van der Waals surface area contributed by atoms with Crippen LogP contribution in [0.5, 0.6) is 0 Å². The van der Waals surface area contributed by atoms with Crippen molar-refractivity contribution in [1.82, 2.24) is 0 Å². The Labute approximate surface area is 141 Å². The van der Waals surface area contributed by atoms with E-state index in [0.717, 1.165) is 5.56 Å². The molecule has 1 aliphatic carbocycles. The molecule has 1 aliphatic rings. The topological polar surface area (TPSA) is 104 Å². The number of hydrogen-bond acceptors (Lipinski definition) is 4. The maximum absolute atomic E-state index is 14.3. The Morgan fingerprint density at radius 1 is 1.42 bits per heavy atom. The first-order valence-corrected chi connectivity index (χ1v) is 8.42. The van der Waals surface area contributed by atoms with E-state index in [2.05, 4.69) is 0 Å². The Balaban J connectivity index is 2.31. The Kier molecular flexibility index (Phi) is 6.01. The Morgan fingerprint density at radius 3 is 2.71 bits per heavy atom. The van der Waals surface area contributed by atoms with Crippen LogP contribution in [-0.4, -0.2) is 34.8 Å². The zero-order chi connectivity index (χ0) is 17.9. The summed E-state index contributed by atoms with van der Waals surface area (Å²) in [5.74, 6) is -1.42. The van der Waals surface area contributed by atoms with Gasteiger partial charge in [-0.1, -0.05) is 12.5 Å². The molecule has 5 N–H and O–H groups in total. The number of hydrogen-bond donors (Lipinski definition) is 4. The molecule has 0 aromatic heterocycles. The van der Waals surface area contributed by atoms with Crippen molar-refractivity contribution in [3.8, 4) is 0 Å². The van der Waals surface area contributed by atoms with Crippen molar-refractivity contribution in [1.29, 1.82) is 0 Å². The summed E-state index contributed by atoms with van der Waals surface area (Å²) >= 11 is 0. The molecule has 2 atom stereocenters. The number of aliphatic carboxylic acids is 1. The zero-order valence-corrected chi connectivity index (χ0v) is 14.0. The highest BCUT2D eigenvalue weighted by atomic mass is 19.1. The number of benzene rings is 1. The molecule has 24 heavy (non-hydrogen) atoms. The molecule has 1 aromatic carbocycles. The van der Waals surface area contributed by atoms with Crippen molar-refractivity contribution in [3.05, 3.63) is 34.6 Å². The molecule has 0 fully saturated rings. The fourth-order valence-electron chi connectivity index (χ4n) is 3.71. The Morgan fingerprint density at radius 2 is 2.12 bits per heavy atom. The van der Waals surface area contributed by atoms with Crippen molar-refractivity contribution in [2.24, 2.45) is 11.7 Å². The molecule has 0 saturated heterocycles. The molecule has 0 bridgehead atoms. The minimum atomic E-state index is -1.38. The van der Waals surface area contributed by atoms with Crippen LogP contribution in [0, 0.1) is 11.7 Å². The predicted octanol–water partition coefficient (Wildman–Crippen LogP) is 1.48. The first-order valence-electron chi connectivity index (χ1n) is 8.42. The molecule has 0 saturated carbocycles. The van der Waals surface area contributed by atoms with Crippen LogP contribution in [0.3, 0.4) is 0 Å². The summed E-state index contributed by atoms with van der Waals surface area (Å²) in [6.07, 6.45) is 2.91. The summed E-state index contributed by atoms with van der Waals surface area (Å²) in [7, 11) is -1.38. The third-order valence-corrected chi connectivity index (χ3v) is 5.22. The number of nitrogens with two attached hydrogens (primary N) is 1. The maximum atomic E-state index is 14.3. The fraction of sp³-hybridized carbons (Fsp3) is 0.588. The smallest absolute Gasteiger partial charge is 0.451 e. The summed E-state index contributed by atoms with van der Waals surface area (Å²) in [6.45, 7) is 2.14. The van der Waals surface area contributed by atoms with Gasteiger partial charge in [0.25, 0.3) is 0 Å². The van der Waals surface area contributed by atoms with Gasteiger partial charge in [0.05, 0.1) is 5.41 Å². The average Bonchev–Trinajstić information content (AvgIpc) is 2.78. The Hall–Kier alpha value is -1.44. The number of halogens is 1. The second-order valence-corrected chi connectivity index (χ2v) is 6.81.